The molecule has 0 aromatic heterocycles. The molecule has 0 spiro atoms. The first-order valence-corrected chi connectivity index (χ1v) is 4.73. The summed E-state index contributed by atoms with van der Waals surface area (Å²) in [6.07, 6.45) is 1.19. The highest BCUT2D eigenvalue weighted by Crippen LogP contribution is 2.37. The fourth-order valence-corrected chi connectivity index (χ4v) is 1.95. The van der Waals surface area contributed by atoms with Gasteiger partial charge in [-0.2, -0.15) is 0 Å². The van der Waals surface area contributed by atoms with Gasteiger partial charge >= 0.3 is 0 Å². The first-order chi connectivity index (χ1) is 6.33. The van der Waals surface area contributed by atoms with E-state index in [2.05, 4.69) is 18.3 Å². The Balaban J connectivity index is 2.50. The highest BCUT2D eigenvalue weighted by atomic mass is 16.5. The molecule has 70 valence electrons. The van der Waals surface area contributed by atoms with Crippen molar-refractivity contribution in [2.24, 2.45) is 0 Å². The molecule has 0 saturated carbocycles. The summed E-state index contributed by atoms with van der Waals surface area (Å²) < 4.78 is 5.34. The van der Waals surface area contributed by atoms with Crippen molar-refractivity contribution in [2.75, 3.05) is 19.0 Å². The van der Waals surface area contributed by atoms with E-state index in [0.717, 1.165) is 12.3 Å². The molecule has 0 fully saturated rings. The number of hydrogen-bond acceptors (Lipinski definition) is 2. The van der Waals surface area contributed by atoms with Crippen LogP contribution in [0, 0.1) is 0 Å². The molecule has 2 nitrogen and oxygen atoms in total. The van der Waals surface area contributed by atoms with Crippen LogP contribution in [0.5, 0.6) is 5.75 Å². The molecule has 1 aromatic rings. The van der Waals surface area contributed by atoms with Crippen LogP contribution in [0.3, 0.4) is 0 Å². The number of fused-ring (bicyclic) bond motifs is 1. The van der Waals surface area contributed by atoms with Crippen LogP contribution < -0.4 is 10.1 Å². The van der Waals surface area contributed by atoms with Gasteiger partial charge in [0, 0.05) is 17.8 Å². The van der Waals surface area contributed by atoms with Crippen LogP contribution in [-0.4, -0.2) is 13.7 Å². The van der Waals surface area contributed by atoms with Gasteiger partial charge in [0.05, 0.1) is 7.11 Å². The Morgan fingerprint density at radius 3 is 3.08 bits per heavy atom. The molecule has 1 heterocycles. The fourth-order valence-electron chi connectivity index (χ4n) is 1.95. The molecule has 1 unspecified atom stereocenters. The highest BCUT2D eigenvalue weighted by molar-refractivity contribution is 5.60. The largest absolute Gasteiger partial charge is 0.496 e. The van der Waals surface area contributed by atoms with E-state index in [1.54, 1.807) is 7.11 Å². The van der Waals surface area contributed by atoms with E-state index in [-0.39, 0.29) is 0 Å². The molecular formula is C11H15NO. The van der Waals surface area contributed by atoms with Crippen molar-refractivity contribution in [1.82, 2.24) is 0 Å². The number of hydrogen-bond donors (Lipinski definition) is 1. The average Bonchev–Trinajstić information content (AvgIpc) is 2.17. The zero-order valence-electron chi connectivity index (χ0n) is 8.13. The first kappa shape index (κ1) is 8.42. The maximum absolute atomic E-state index is 5.34. The minimum Gasteiger partial charge on any atom is -0.496 e. The highest BCUT2D eigenvalue weighted by Gasteiger charge is 2.19. The molecule has 0 radical (unpaired) electrons. The molecular weight excluding hydrogens is 162 g/mol. The van der Waals surface area contributed by atoms with Crippen molar-refractivity contribution in [1.29, 1.82) is 0 Å². The lowest BCUT2D eigenvalue weighted by Gasteiger charge is -2.25. The number of methoxy groups -OCH3 is 1. The number of nitrogens with one attached hydrogen (secondary N) is 1. The quantitative estimate of drug-likeness (QED) is 0.712. The second kappa shape index (κ2) is 3.29. The SMILES string of the molecule is COc1cccc2c1C(C)CCN2. The third-order valence-corrected chi connectivity index (χ3v) is 2.67. The lowest BCUT2D eigenvalue weighted by Crippen LogP contribution is -2.15. The van der Waals surface area contributed by atoms with Crippen LogP contribution >= 0.6 is 0 Å². The second-order valence-corrected chi connectivity index (χ2v) is 3.54. The second-order valence-electron chi connectivity index (χ2n) is 3.54. The molecule has 1 atom stereocenters. The van der Waals surface area contributed by atoms with Crippen molar-refractivity contribution in [3.8, 4) is 5.75 Å². The summed E-state index contributed by atoms with van der Waals surface area (Å²) in [5, 5.41) is 3.39. The molecule has 13 heavy (non-hydrogen) atoms. The minimum atomic E-state index is 0.604. The molecule has 1 aliphatic rings. The summed E-state index contributed by atoms with van der Waals surface area (Å²) >= 11 is 0. The third-order valence-electron chi connectivity index (χ3n) is 2.67. The summed E-state index contributed by atoms with van der Waals surface area (Å²) in [7, 11) is 1.73. The topological polar surface area (TPSA) is 21.3 Å². The van der Waals surface area contributed by atoms with E-state index in [0.29, 0.717) is 5.92 Å². The van der Waals surface area contributed by atoms with Crippen molar-refractivity contribution in [2.45, 2.75) is 19.3 Å². The van der Waals surface area contributed by atoms with E-state index in [9.17, 15) is 0 Å². The summed E-state index contributed by atoms with van der Waals surface area (Å²) in [6, 6.07) is 6.18. The van der Waals surface area contributed by atoms with Crippen molar-refractivity contribution < 1.29 is 4.74 Å². The molecule has 0 aliphatic carbocycles. The van der Waals surface area contributed by atoms with E-state index < -0.39 is 0 Å². The molecule has 1 aromatic carbocycles. The first-order valence-electron chi connectivity index (χ1n) is 4.73. The molecule has 1 N–H and O–H groups in total. The molecule has 0 saturated heterocycles. The van der Waals surface area contributed by atoms with Crippen LogP contribution in [0.25, 0.3) is 0 Å². The van der Waals surface area contributed by atoms with Gasteiger partial charge in [0.2, 0.25) is 0 Å². The number of rotatable bonds is 1. The van der Waals surface area contributed by atoms with Crippen molar-refractivity contribution in [3.05, 3.63) is 23.8 Å². The lowest BCUT2D eigenvalue weighted by atomic mass is 9.92. The van der Waals surface area contributed by atoms with E-state index in [1.165, 1.54) is 17.7 Å². The Bertz CT molecular complexity index is 295. The standard InChI is InChI=1S/C11H15NO/c1-8-6-7-12-9-4-3-5-10(13-2)11(8)9/h3-5,8,12H,6-7H2,1-2H3. The molecule has 0 amide bonds. The number of ether oxygens (including phenoxy) is 1. The maximum Gasteiger partial charge on any atom is 0.124 e. The molecule has 2 rings (SSSR count). The van der Waals surface area contributed by atoms with Crippen LogP contribution in [0.4, 0.5) is 5.69 Å². The van der Waals surface area contributed by atoms with Gasteiger partial charge in [-0.3, -0.25) is 0 Å². The van der Waals surface area contributed by atoms with Gasteiger partial charge in [0.25, 0.3) is 0 Å². The van der Waals surface area contributed by atoms with Gasteiger partial charge < -0.3 is 10.1 Å². The van der Waals surface area contributed by atoms with Crippen molar-refractivity contribution in [3.63, 3.8) is 0 Å². The van der Waals surface area contributed by atoms with Crippen LogP contribution in [0.15, 0.2) is 18.2 Å². The van der Waals surface area contributed by atoms with Crippen LogP contribution in [0.2, 0.25) is 0 Å². The Labute approximate surface area is 78.9 Å². The normalized spacial score (nSPS) is 20.3. The molecule has 2 heteroatoms. The monoisotopic (exact) mass is 177 g/mol. The van der Waals surface area contributed by atoms with Gasteiger partial charge in [-0.1, -0.05) is 13.0 Å². The summed E-state index contributed by atoms with van der Waals surface area (Å²) in [5.41, 5.74) is 2.56. The Morgan fingerprint density at radius 2 is 2.31 bits per heavy atom. The average molecular weight is 177 g/mol. The van der Waals surface area contributed by atoms with Crippen molar-refractivity contribution >= 4 is 5.69 Å². The summed E-state index contributed by atoms with van der Waals surface area (Å²) in [6.45, 7) is 3.32. The smallest absolute Gasteiger partial charge is 0.124 e. The van der Waals surface area contributed by atoms with Gasteiger partial charge in [-0.25, -0.2) is 0 Å². The fraction of sp³-hybridized carbons (Fsp3) is 0.455. The zero-order chi connectivity index (χ0) is 9.26. The van der Waals surface area contributed by atoms with E-state index in [1.807, 2.05) is 12.1 Å². The molecule has 1 aliphatic heterocycles. The Hall–Kier alpha value is -1.18. The summed E-state index contributed by atoms with van der Waals surface area (Å²) in [5.74, 6) is 1.62. The van der Waals surface area contributed by atoms with Gasteiger partial charge in [0.15, 0.2) is 0 Å². The van der Waals surface area contributed by atoms with Gasteiger partial charge in [-0.15, -0.1) is 0 Å². The Morgan fingerprint density at radius 1 is 1.46 bits per heavy atom. The minimum absolute atomic E-state index is 0.604. The zero-order valence-corrected chi connectivity index (χ0v) is 8.13. The predicted molar refractivity (Wildman–Crippen MR) is 54.5 cm³/mol. The van der Waals surface area contributed by atoms with E-state index in [4.69, 9.17) is 4.74 Å². The van der Waals surface area contributed by atoms with E-state index >= 15 is 0 Å². The Kier molecular flexibility index (Phi) is 2.13. The van der Waals surface area contributed by atoms with Crippen LogP contribution in [-0.2, 0) is 0 Å². The third kappa shape index (κ3) is 1.37. The lowest BCUT2D eigenvalue weighted by molar-refractivity contribution is 0.405. The van der Waals surface area contributed by atoms with Gasteiger partial charge in [0.1, 0.15) is 5.75 Å². The summed E-state index contributed by atoms with van der Waals surface area (Å²) in [4.78, 5) is 0. The number of anilines is 1. The van der Waals surface area contributed by atoms with Crippen LogP contribution in [0.1, 0.15) is 24.8 Å². The van der Waals surface area contributed by atoms with Gasteiger partial charge in [-0.05, 0) is 24.5 Å². The predicted octanol–water partition coefficient (Wildman–Crippen LogP) is 2.61. The molecule has 0 bridgehead atoms. The number of benzene rings is 1. The maximum atomic E-state index is 5.34.